The molecule has 4 heteroatoms. The highest BCUT2D eigenvalue weighted by atomic mass is 16.5. The molecule has 1 saturated carbocycles. The lowest BCUT2D eigenvalue weighted by atomic mass is 9.59. The largest absolute Gasteiger partial charge is 0.493 e. The molecule has 2 aliphatic heterocycles. The van der Waals surface area contributed by atoms with Crippen LogP contribution >= 0.6 is 0 Å². The van der Waals surface area contributed by atoms with Crippen molar-refractivity contribution < 1.29 is 14.3 Å². The number of piperidine rings is 1. The van der Waals surface area contributed by atoms with E-state index in [1.807, 2.05) is 0 Å². The lowest BCUT2D eigenvalue weighted by molar-refractivity contribution is -0.134. The van der Waals surface area contributed by atoms with Gasteiger partial charge in [-0.15, -0.1) is 0 Å². The van der Waals surface area contributed by atoms with Crippen LogP contribution in [0.25, 0.3) is 0 Å². The van der Waals surface area contributed by atoms with E-state index in [0.717, 1.165) is 37.1 Å². The quantitative estimate of drug-likeness (QED) is 0.752. The van der Waals surface area contributed by atoms with Gasteiger partial charge in [0.25, 0.3) is 0 Å². The zero-order valence-electron chi connectivity index (χ0n) is 14.0. The average molecular weight is 315 g/mol. The molecule has 0 radical (unpaired) electrons. The van der Waals surface area contributed by atoms with E-state index in [1.165, 1.54) is 0 Å². The van der Waals surface area contributed by atoms with Gasteiger partial charge >= 0.3 is 0 Å². The van der Waals surface area contributed by atoms with E-state index in [-0.39, 0.29) is 35.0 Å². The molecule has 0 N–H and O–H groups in total. The molecule has 3 fully saturated rings. The summed E-state index contributed by atoms with van der Waals surface area (Å²) in [4.78, 5) is 28.0. The molecule has 5 atom stereocenters. The van der Waals surface area contributed by atoms with Crippen LogP contribution in [0, 0.1) is 23.2 Å². The molecule has 124 valence electrons. The highest BCUT2D eigenvalue weighted by Crippen LogP contribution is 2.61. The summed E-state index contributed by atoms with van der Waals surface area (Å²) < 4.78 is 6.06. The van der Waals surface area contributed by atoms with E-state index < -0.39 is 0 Å². The lowest BCUT2D eigenvalue weighted by Gasteiger charge is -2.50. The van der Waals surface area contributed by atoms with Crippen molar-refractivity contribution >= 4 is 11.7 Å². The van der Waals surface area contributed by atoms with E-state index in [1.54, 1.807) is 6.08 Å². The van der Waals surface area contributed by atoms with Crippen LogP contribution in [0.1, 0.15) is 39.5 Å². The fraction of sp³-hybridized carbons (Fsp3) is 0.684. The van der Waals surface area contributed by atoms with Gasteiger partial charge in [-0.05, 0) is 25.2 Å². The number of ketones is 1. The molecule has 4 aliphatic rings. The molecule has 2 aliphatic carbocycles. The van der Waals surface area contributed by atoms with Gasteiger partial charge in [0.2, 0.25) is 5.91 Å². The molecular weight excluding hydrogens is 290 g/mol. The second-order valence-electron chi connectivity index (χ2n) is 7.82. The summed E-state index contributed by atoms with van der Waals surface area (Å²) in [5, 5.41) is 0. The molecular formula is C19H25NO3. The van der Waals surface area contributed by atoms with Crippen LogP contribution in [-0.4, -0.2) is 35.8 Å². The summed E-state index contributed by atoms with van der Waals surface area (Å²) >= 11 is 0. The van der Waals surface area contributed by atoms with Gasteiger partial charge in [-0.25, -0.2) is 0 Å². The molecule has 2 bridgehead atoms. The predicted octanol–water partition coefficient (Wildman–Crippen LogP) is 2.70. The Bertz CT molecular complexity index is 622. The predicted molar refractivity (Wildman–Crippen MR) is 86.4 cm³/mol. The number of hydrogen-bond acceptors (Lipinski definition) is 3. The van der Waals surface area contributed by atoms with Crippen molar-refractivity contribution in [1.82, 2.24) is 4.90 Å². The maximum Gasteiger partial charge on any atom is 0.226 e. The monoisotopic (exact) mass is 315 g/mol. The first-order chi connectivity index (χ1) is 11.0. The minimum Gasteiger partial charge on any atom is -0.493 e. The van der Waals surface area contributed by atoms with Crippen molar-refractivity contribution in [2.45, 2.75) is 45.6 Å². The number of allylic oxidation sites excluding steroid dienone is 1. The van der Waals surface area contributed by atoms with E-state index in [9.17, 15) is 9.59 Å². The number of nitrogens with zero attached hydrogens (tertiary/aromatic N) is 1. The first kappa shape index (κ1) is 15.0. The Morgan fingerprint density at radius 1 is 1.43 bits per heavy atom. The first-order valence-electron chi connectivity index (χ1n) is 8.82. The Kier molecular flexibility index (Phi) is 3.23. The topological polar surface area (TPSA) is 46.6 Å². The number of rotatable bonds is 3. The fourth-order valence-corrected chi connectivity index (χ4v) is 5.60. The summed E-state index contributed by atoms with van der Waals surface area (Å²) in [6.45, 7) is 9.28. The average Bonchev–Trinajstić information content (AvgIpc) is 2.65. The van der Waals surface area contributed by atoms with Crippen molar-refractivity contribution in [2.75, 3.05) is 13.2 Å². The molecule has 1 amide bonds. The standard InChI is InChI=1S/C19H25NO3/c1-4-8-23-17-12-9-15-19(3)13(6-5-7-14(21)16(17)19)18(22)20(15)10-11(12)2/h4,11-13,15H,1,5-10H2,2-3H3/t11-,12?,13-,15?,19-/m1/s1. The van der Waals surface area contributed by atoms with Crippen molar-refractivity contribution in [1.29, 1.82) is 0 Å². The molecule has 4 rings (SSSR count). The van der Waals surface area contributed by atoms with Crippen LogP contribution in [0.15, 0.2) is 24.0 Å². The highest BCUT2D eigenvalue weighted by molar-refractivity contribution is 6.01. The van der Waals surface area contributed by atoms with Crippen LogP contribution in [0.3, 0.4) is 0 Å². The van der Waals surface area contributed by atoms with Crippen molar-refractivity contribution in [2.24, 2.45) is 23.2 Å². The number of amides is 1. The van der Waals surface area contributed by atoms with Gasteiger partial charge in [-0.3, -0.25) is 9.59 Å². The number of ether oxygens (including phenoxy) is 1. The minimum atomic E-state index is -0.363. The number of fused-ring (bicyclic) bond motifs is 1. The zero-order valence-corrected chi connectivity index (χ0v) is 14.0. The third-order valence-corrected chi connectivity index (χ3v) is 6.68. The number of Topliss-reactive ketones (excluding diaryl/α,β-unsaturated/α-hetero) is 1. The number of carbonyl (C=O) groups is 2. The van der Waals surface area contributed by atoms with Crippen LogP contribution in [0.4, 0.5) is 0 Å². The Morgan fingerprint density at radius 3 is 2.96 bits per heavy atom. The third-order valence-electron chi connectivity index (χ3n) is 6.68. The van der Waals surface area contributed by atoms with Gasteiger partial charge < -0.3 is 9.64 Å². The fourth-order valence-electron chi connectivity index (χ4n) is 5.60. The second-order valence-corrected chi connectivity index (χ2v) is 7.82. The Hall–Kier alpha value is -1.58. The molecule has 2 heterocycles. The third kappa shape index (κ3) is 1.78. The molecule has 0 aromatic rings. The Balaban J connectivity index is 1.95. The lowest BCUT2D eigenvalue weighted by Crippen LogP contribution is -2.54. The van der Waals surface area contributed by atoms with Crippen molar-refractivity contribution in [3.8, 4) is 0 Å². The van der Waals surface area contributed by atoms with Crippen LogP contribution in [-0.2, 0) is 14.3 Å². The van der Waals surface area contributed by atoms with Gasteiger partial charge in [0.15, 0.2) is 5.78 Å². The van der Waals surface area contributed by atoms with Gasteiger partial charge in [-0.2, -0.15) is 0 Å². The van der Waals surface area contributed by atoms with E-state index >= 15 is 0 Å². The van der Waals surface area contributed by atoms with Crippen molar-refractivity contribution in [3.05, 3.63) is 24.0 Å². The van der Waals surface area contributed by atoms with Gasteiger partial charge in [-0.1, -0.05) is 26.5 Å². The molecule has 23 heavy (non-hydrogen) atoms. The zero-order chi connectivity index (χ0) is 16.4. The van der Waals surface area contributed by atoms with E-state index in [0.29, 0.717) is 18.9 Å². The maximum atomic E-state index is 13.0. The normalized spacial score (nSPS) is 41.9. The number of carbonyl (C=O) groups excluding carboxylic acids is 2. The molecule has 0 aromatic heterocycles. The van der Waals surface area contributed by atoms with Gasteiger partial charge in [0.1, 0.15) is 12.4 Å². The molecule has 2 saturated heterocycles. The Labute approximate surface area is 137 Å². The SMILES string of the molecule is C=CCOC1=C2C(=O)CCC[C@@H]3C(=O)N4C[C@@H](C)C1CC4[C@]23C. The van der Waals surface area contributed by atoms with E-state index in [2.05, 4.69) is 25.3 Å². The summed E-state index contributed by atoms with van der Waals surface area (Å²) in [5.74, 6) is 1.88. The number of hydrogen-bond donors (Lipinski definition) is 0. The summed E-state index contributed by atoms with van der Waals surface area (Å²) in [6.07, 6.45) is 4.85. The second kappa shape index (κ2) is 4.96. The minimum absolute atomic E-state index is 0.0532. The molecule has 2 unspecified atom stereocenters. The van der Waals surface area contributed by atoms with Crippen LogP contribution in [0.2, 0.25) is 0 Å². The Morgan fingerprint density at radius 2 is 2.22 bits per heavy atom. The summed E-state index contributed by atoms with van der Waals surface area (Å²) in [7, 11) is 0. The summed E-state index contributed by atoms with van der Waals surface area (Å²) in [6, 6.07) is 0.175. The molecule has 4 nitrogen and oxygen atoms in total. The van der Waals surface area contributed by atoms with E-state index in [4.69, 9.17) is 4.74 Å². The van der Waals surface area contributed by atoms with Crippen LogP contribution < -0.4 is 0 Å². The molecule has 0 aromatic carbocycles. The first-order valence-corrected chi connectivity index (χ1v) is 8.82. The van der Waals surface area contributed by atoms with Crippen LogP contribution in [0.5, 0.6) is 0 Å². The smallest absolute Gasteiger partial charge is 0.226 e. The summed E-state index contributed by atoms with van der Waals surface area (Å²) in [5.41, 5.74) is 0.475. The van der Waals surface area contributed by atoms with Crippen molar-refractivity contribution in [3.63, 3.8) is 0 Å². The molecule has 0 spiro atoms. The maximum absolute atomic E-state index is 13.0. The highest BCUT2D eigenvalue weighted by Gasteiger charge is 2.65. The van der Waals surface area contributed by atoms with Gasteiger partial charge in [0, 0.05) is 41.8 Å². The van der Waals surface area contributed by atoms with Gasteiger partial charge in [0.05, 0.1) is 0 Å².